The summed E-state index contributed by atoms with van der Waals surface area (Å²) in [4.78, 5) is 11.4. The van der Waals surface area contributed by atoms with Gasteiger partial charge in [-0.05, 0) is 11.6 Å². The summed E-state index contributed by atoms with van der Waals surface area (Å²) in [6.45, 7) is 2.73. The van der Waals surface area contributed by atoms with Crippen molar-refractivity contribution in [2.24, 2.45) is 11.7 Å². The van der Waals surface area contributed by atoms with E-state index in [-0.39, 0.29) is 17.6 Å². The number of hydrogen-bond donors (Lipinski definition) is 2. The van der Waals surface area contributed by atoms with Crippen LogP contribution in [0.25, 0.3) is 0 Å². The van der Waals surface area contributed by atoms with Crippen molar-refractivity contribution in [2.75, 3.05) is 18.8 Å². The minimum Gasteiger partial charge on any atom is -0.355 e. The number of hydrogen-bond acceptors (Lipinski definition) is 3. The number of amides is 1. The highest BCUT2D eigenvalue weighted by Crippen LogP contribution is 2.14. The Bertz CT molecular complexity index is 387. The molecule has 0 bridgehead atoms. The number of halogens is 1. The third-order valence-electron chi connectivity index (χ3n) is 2.56. The molecule has 0 spiro atoms. The second-order valence-corrected chi connectivity index (χ2v) is 5.18. The van der Waals surface area contributed by atoms with Gasteiger partial charge in [0.05, 0.1) is 0 Å². The van der Waals surface area contributed by atoms with E-state index in [0.29, 0.717) is 24.4 Å². The molecule has 1 unspecified atom stereocenters. The smallest absolute Gasteiger partial charge is 0.224 e. The zero-order valence-electron chi connectivity index (χ0n) is 10.5. The third-order valence-corrected chi connectivity index (χ3v) is 3.57. The van der Waals surface area contributed by atoms with Gasteiger partial charge in [0.25, 0.3) is 0 Å². The Hall–Kier alpha value is -1.07. The molecular formula is C13H19FN2OS. The van der Waals surface area contributed by atoms with E-state index in [1.807, 2.05) is 6.07 Å². The SMILES string of the molecule is CC(CN)C(=O)NCCSCc1ccccc1F. The fourth-order valence-electron chi connectivity index (χ4n) is 1.33. The number of carbonyl (C=O) groups excluding carboxylic acids is 1. The van der Waals surface area contributed by atoms with Crippen LogP contribution in [0.2, 0.25) is 0 Å². The lowest BCUT2D eigenvalue weighted by Crippen LogP contribution is -2.34. The average Bonchev–Trinajstić information content (AvgIpc) is 2.39. The fourth-order valence-corrected chi connectivity index (χ4v) is 2.17. The van der Waals surface area contributed by atoms with E-state index in [0.717, 1.165) is 5.75 Å². The van der Waals surface area contributed by atoms with Gasteiger partial charge in [-0.1, -0.05) is 25.1 Å². The Morgan fingerprint density at radius 1 is 1.50 bits per heavy atom. The molecule has 0 aliphatic carbocycles. The van der Waals surface area contributed by atoms with Crippen molar-refractivity contribution >= 4 is 17.7 Å². The first-order valence-electron chi connectivity index (χ1n) is 5.94. The van der Waals surface area contributed by atoms with E-state index in [2.05, 4.69) is 5.32 Å². The van der Waals surface area contributed by atoms with E-state index < -0.39 is 0 Å². The number of rotatable bonds is 7. The molecule has 1 aromatic carbocycles. The first kappa shape index (κ1) is 15.0. The van der Waals surface area contributed by atoms with Crippen molar-refractivity contribution in [3.63, 3.8) is 0 Å². The molecule has 0 radical (unpaired) electrons. The Morgan fingerprint density at radius 2 is 2.22 bits per heavy atom. The molecule has 5 heteroatoms. The first-order chi connectivity index (χ1) is 8.65. The molecule has 100 valence electrons. The normalized spacial score (nSPS) is 12.2. The quantitative estimate of drug-likeness (QED) is 0.742. The van der Waals surface area contributed by atoms with Crippen LogP contribution in [0.3, 0.4) is 0 Å². The van der Waals surface area contributed by atoms with Crippen molar-refractivity contribution in [1.29, 1.82) is 0 Å². The fraction of sp³-hybridized carbons (Fsp3) is 0.462. The number of benzene rings is 1. The molecule has 1 amide bonds. The van der Waals surface area contributed by atoms with Crippen LogP contribution in [0, 0.1) is 11.7 Å². The summed E-state index contributed by atoms with van der Waals surface area (Å²) in [5.74, 6) is 1.03. The van der Waals surface area contributed by atoms with Crippen LogP contribution in [-0.2, 0) is 10.5 Å². The van der Waals surface area contributed by atoms with Gasteiger partial charge < -0.3 is 11.1 Å². The molecule has 0 saturated heterocycles. The minimum absolute atomic E-state index is 0.0241. The number of nitrogens with one attached hydrogen (secondary N) is 1. The lowest BCUT2D eigenvalue weighted by atomic mass is 10.2. The van der Waals surface area contributed by atoms with Crippen LogP contribution >= 0.6 is 11.8 Å². The lowest BCUT2D eigenvalue weighted by Gasteiger charge is -2.09. The van der Waals surface area contributed by atoms with Gasteiger partial charge in [0.15, 0.2) is 0 Å². The molecular weight excluding hydrogens is 251 g/mol. The van der Waals surface area contributed by atoms with Gasteiger partial charge >= 0.3 is 0 Å². The zero-order valence-corrected chi connectivity index (χ0v) is 11.3. The Labute approximate surface area is 111 Å². The molecule has 18 heavy (non-hydrogen) atoms. The summed E-state index contributed by atoms with van der Waals surface area (Å²) in [6, 6.07) is 6.74. The summed E-state index contributed by atoms with van der Waals surface area (Å²) < 4.78 is 13.3. The van der Waals surface area contributed by atoms with Crippen LogP contribution in [0.4, 0.5) is 4.39 Å². The molecule has 3 nitrogen and oxygen atoms in total. The van der Waals surface area contributed by atoms with E-state index in [1.54, 1.807) is 30.8 Å². The maximum absolute atomic E-state index is 13.3. The second-order valence-electron chi connectivity index (χ2n) is 4.07. The van der Waals surface area contributed by atoms with Gasteiger partial charge in [-0.3, -0.25) is 4.79 Å². The second kappa shape index (κ2) is 8.11. The molecule has 1 atom stereocenters. The molecule has 0 aliphatic heterocycles. The maximum Gasteiger partial charge on any atom is 0.224 e. The van der Waals surface area contributed by atoms with Gasteiger partial charge in [-0.25, -0.2) is 4.39 Å². The summed E-state index contributed by atoms with van der Waals surface area (Å²) in [7, 11) is 0. The third kappa shape index (κ3) is 5.06. The highest BCUT2D eigenvalue weighted by atomic mass is 32.2. The molecule has 1 aromatic rings. The number of thioether (sulfide) groups is 1. The van der Waals surface area contributed by atoms with Gasteiger partial charge in [-0.2, -0.15) is 11.8 Å². The zero-order chi connectivity index (χ0) is 13.4. The molecule has 3 N–H and O–H groups in total. The Balaban J connectivity index is 2.16. The highest BCUT2D eigenvalue weighted by molar-refractivity contribution is 7.98. The molecule has 0 aromatic heterocycles. The lowest BCUT2D eigenvalue weighted by molar-refractivity contribution is -0.124. The van der Waals surface area contributed by atoms with Crippen LogP contribution < -0.4 is 11.1 Å². The van der Waals surface area contributed by atoms with Crippen molar-refractivity contribution in [3.05, 3.63) is 35.6 Å². The van der Waals surface area contributed by atoms with Crippen molar-refractivity contribution in [1.82, 2.24) is 5.32 Å². The Morgan fingerprint density at radius 3 is 2.89 bits per heavy atom. The average molecular weight is 270 g/mol. The van der Waals surface area contributed by atoms with Crippen molar-refractivity contribution < 1.29 is 9.18 Å². The summed E-state index contributed by atoms with van der Waals surface area (Å²) in [5.41, 5.74) is 6.09. The molecule has 1 rings (SSSR count). The molecule has 0 saturated carbocycles. The van der Waals surface area contributed by atoms with Crippen LogP contribution in [0.1, 0.15) is 12.5 Å². The monoisotopic (exact) mass is 270 g/mol. The first-order valence-corrected chi connectivity index (χ1v) is 7.09. The standard InChI is InChI=1S/C13H19FN2OS/c1-10(8-15)13(17)16-6-7-18-9-11-4-2-3-5-12(11)14/h2-5,10H,6-9,15H2,1H3,(H,16,17). The Kier molecular flexibility index (Phi) is 6.75. The summed E-state index contributed by atoms with van der Waals surface area (Å²) >= 11 is 1.60. The molecule has 0 fully saturated rings. The van der Waals surface area contributed by atoms with Gasteiger partial charge in [-0.15, -0.1) is 0 Å². The largest absolute Gasteiger partial charge is 0.355 e. The predicted octanol–water partition coefficient (Wildman–Crippen LogP) is 1.77. The number of nitrogens with two attached hydrogens (primary N) is 1. The van der Waals surface area contributed by atoms with E-state index in [4.69, 9.17) is 5.73 Å². The molecule has 0 aliphatic rings. The van der Waals surface area contributed by atoms with Crippen molar-refractivity contribution in [2.45, 2.75) is 12.7 Å². The van der Waals surface area contributed by atoms with Crippen LogP contribution in [0.15, 0.2) is 24.3 Å². The predicted molar refractivity (Wildman–Crippen MR) is 73.8 cm³/mol. The van der Waals surface area contributed by atoms with E-state index in [9.17, 15) is 9.18 Å². The van der Waals surface area contributed by atoms with Crippen LogP contribution in [-0.4, -0.2) is 24.7 Å². The highest BCUT2D eigenvalue weighted by Gasteiger charge is 2.09. The van der Waals surface area contributed by atoms with E-state index >= 15 is 0 Å². The maximum atomic E-state index is 13.3. The molecule has 0 heterocycles. The van der Waals surface area contributed by atoms with Crippen molar-refractivity contribution in [3.8, 4) is 0 Å². The van der Waals surface area contributed by atoms with E-state index in [1.165, 1.54) is 6.07 Å². The van der Waals surface area contributed by atoms with Gasteiger partial charge in [0, 0.05) is 30.5 Å². The summed E-state index contributed by atoms with van der Waals surface area (Å²) in [6.07, 6.45) is 0. The number of carbonyl (C=O) groups is 1. The topological polar surface area (TPSA) is 55.1 Å². The van der Waals surface area contributed by atoms with Gasteiger partial charge in [0.2, 0.25) is 5.91 Å². The van der Waals surface area contributed by atoms with Gasteiger partial charge in [0.1, 0.15) is 5.82 Å². The van der Waals surface area contributed by atoms with Crippen LogP contribution in [0.5, 0.6) is 0 Å². The minimum atomic E-state index is -0.175. The summed E-state index contributed by atoms with van der Waals surface area (Å²) in [5, 5.41) is 2.80.